The molecule has 1 aromatic rings. The average Bonchev–Trinajstić information content (AvgIpc) is 2.40. The molecule has 0 saturated heterocycles. The number of nitrogens with one attached hydrogen (secondary N) is 1. The number of hydrogen-bond donors (Lipinski definition) is 2. The first-order chi connectivity index (χ1) is 9.13. The Bertz CT molecular complexity index is 421. The quantitative estimate of drug-likeness (QED) is 0.451. The van der Waals surface area contributed by atoms with Crippen molar-refractivity contribution in [2.45, 2.75) is 26.8 Å². The van der Waals surface area contributed by atoms with Crippen LogP contribution in [0, 0.1) is 12.7 Å². The predicted octanol–water partition coefficient (Wildman–Crippen LogP) is 1.97. The summed E-state index contributed by atoms with van der Waals surface area (Å²) in [7, 11) is 0. The number of aliphatic imine (C=N–C) groups is 1. The van der Waals surface area contributed by atoms with E-state index in [2.05, 4.69) is 10.3 Å². The van der Waals surface area contributed by atoms with E-state index in [1.165, 1.54) is 6.07 Å². The van der Waals surface area contributed by atoms with Gasteiger partial charge in [-0.15, -0.1) is 0 Å². The minimum Gasteiger partial charge on any atom is -0.382 e. The number of aryl methyl sites for hydroxylation is 1. The van der Waals surface area contributed by atoms with Crippen LogP contribution in [0.5, 0.6) is 0 Å². The molecule has 0 aliphatic heterocycles. The van der Waals surface area contributed by atoms with Gasteiger partial charge in [0.25, 0.3) is 0 Å². The van der Waals surface area contributed by atoms with E-state index < -0.39 is 0 Å². The van der Waals surface area contributed by atoms with Crippen LogP contribution < -0.4 is 11.1 Å². The van der Waals surface area contributed by atoms with E-state index in [4.69, 9.17) is 10.5 Å². The topological polar surface area (TPSA) is 59.6 Å². The van der Waals surface area contributed by atoms with Crippen molar-refractivity contribution in [1.82, 2.24) is 5.32 Å². The molecule has 1 rings (SSSR count). The molecule has 0 unspecified atom stereocenters. The summed E-state index contributed by atoms with van der Waals surface area (Å²) in [6, 6.07) is 4.95. The van der Waals surface area contributed by atoms with Crippen molar-refractivity contribution in [3.8, 4) is 0 Å². The van der Waals surface area contributed by atoms with Gasteiger partial charge in [0.1, 0.15) is 5.82 Å². The van der Waals surface area contributed by atoms with Gasteiger partial charge in [-0.05, 0) is 37.5 Å². The molecule has 106 valence electrons. The first kappa shape index (κ1) is 15.4. The number of hydrogen-bond acceptors (Lipinski definition) is 2. The SMILES string of the molecule is CCOCCCNC(N)=NCc1ccc(F)c(C)c1. The first-order valence-electron chi connectivity index (χ1n) is 6.50. The maximum atomic E-state index is 13.1. The minimum absolute atomic E-state index is 0.199. The molecule has 5 heteroatoms. The van der Waals surface area contributed by atoms with Crippen LogP contribution >= 0.6 is 0 Å². The van der Waals surface area contributed by atoms with Gasteiger partial charge in [-0.3, -0.25) is 0 Å². The number of benzene rings is 1. The van der Waals surface area contributed by atoms with E-state index >= 15 is 0 Å². The number of rotatable bonds is 7. The molecule has 0 radical (unpaired) electrons. The van der Waals surface area contributed by atoms with Crippen molar-refractivity contribution in [2.75, 3.05) is 19.8 Å². The van der Waals surface area contributed by atoms with Gasteiger partial charge in [0.05, 0.1) is 6.54 Å². The van der Waals surface area contributed by atoms with Crippen molar-refractivity contribution < 1.29 is 9.13 Å². The highest BCUT2D eigenvalue weighted by molar-refractivity contribution is 5.77. The fourth-order valence-electron chi connectivity index (χ4n) is 1.57. The van der Waals surface area contributed by atoms with Gasteiger partial charge in [0.2, 0.25) is 0 Å². The van der Waals surface area contributed by atoms with Gasteiger partial charge in [0.15, 0.2) is 5.96 Å². The summed E-state index contributed by atoms with van der Waals surface area (Å²) < 4.78 is 18.3. The summed E-state index contributed by atoms with van der Waals surface area (Å²) in [4.78, 5) is 4.20. The maximum absolute atomic E-state index is 13.1. The lowest BCUT2D eigenvalue weighted by molar-refractivity contribution is 0.145. The summed E-state index contributed by atoms with van der Waals surface area (Å²) in [5.41, 5.74) is 7.29. The fraction of sp³-hybridized carbons (Fsp3) is 0.500. The molecule has 0 spiro atoms. The molecule has 0 aliphatic rings. The van der Waals surface area contributed by atoms with Gasteiger partial charge >= 0.3 is 0 Å². The molecule has 1 aromatic carbocycles. The largest absolute Gasteiger partial charge is 0.382 e. The lowest BCUT2D eigenvalue weighted by atomic mass is 10.1. The number of nitrogens with two attached hydrogens (primary N) is 1. The molecule has 0 fully saturated rings. The van der Waals surface area contributed by atoms with E-state index in [1.54, 1.807) is 19.1 Å². The first-order valence-corrected chi connectivity index (χ1v) is 6.50. The van der Waals surface area contributed by atoms with E-state index in [9.17, 15) is 4.39 Å². The van der Waals surface area contributed by atoms with E-state index in [0.717, 1.165) is 25.1 Å². The zero-order valence-electron chi connectivity index (χ0n) is 11.6. The zero-order chi connectivity index (χ0) is 14.1. The predicted molar refractivity (Wildman–Crippen MR) is 75.6 cm³/mol. The summed E-state index contributed by atoms with van der Waals surface area (Å²) in [6.45, 7) is 6.33. The average molecular weight is 267 g/mol. The summed E-state index contributed by atoms with van der Waals surface area (Å²) >= 11 is 0. The minimum atomic E-state index is -0.199. The zero-order valence-corrected chi connectivity index (χ0v) is 11.6. The van der Waals surface area contributed by atoms with Gasteiger partial charge in [-0.25, -0.2) is 9.38 Å². The smallest absolute Gasteiger partial charge is 0.188 e. The maximum Gasteiger partial charge on any atom is 0.188 e. The molecule has 0 bridgehead atoms. The Balaban J connectivity index is 2.32. The fourth-order valence-corrected chi connectivity index (χ4v) is 1.57. The van der Waals surface area contributed by atoms with Crippen LogP contribution in [0.3, 0.4) is 0 Å². The molecule has 0 aliphatic carbocycles. The Labute approximate surface area is 113 Å². The van der Waals surface area contributed by atoms with Crippen molar-refractivity contribution >= 4 is 5.96 Å². The highest BCUT2D eigenvalue weighted by Crippen LogP contribution is 2.09. The van der Waals surface area contributed by atoms with E-state index in [-0.39, 0.29) is 5.82 Å². The number of ether oxygens (including phenoxy) is 1. The molecule has 0 atom stereocenters. The van der Waals surface area contributed by atoms with E-state index in [1.807, 2.05) is 6.92 Å². The van der Waals surface area contributed by atoms with Crippen molar-refractivity contribution in [3.63, 3.8) is 0 Å². The lowest BCUT2D eigenvalue weighted by Crippen LogP contribution is -2.32. The van der Waals surface area contributed by atoms with E-state index in [0.29, 0.717) is 24.7 Å². The Morgan fingerprint density at radius 1 is 1.47 bits per heavy atom. The standard InChI is InChI=1S/C14H22FN3O/c1-3-19-8-4-7-17-14(16)18-10-12-5-6-13(15)11(2)9-12/h5-6,9H,3-4,7-8,10H2,1-2H3,(H3,16,17,18). The normalized spacial score (nSPS) is 11.6. The second-order valence-corrected chi connectivity index (χ2v) is 4.26. The lowest BCUT2D eigenvalue weighted by Gasteiger charge is -2.06. The molecule has 0 heterocycles. The Hall–Kier alpha value is -1.62. The second kappa shape index (κ2) is 8.48. The molecular formula is C14H22FN3O. The van der Waals surface area contributed by atoms with Gasteiger partial charge in [-0.2, -0.15) is 0 Å². The van der Waals surface area contributed by atoms with Gasteiger partial charge in [-0.1, -0.05) is 12.1 Å². The highest BCUT2D eigenvalue weighted by Gasteiger charge is 1.98. The van der Waals surface area contributed by atoms with Crippen LogP contribution in [-0.4, -0.2) is 25.7 Å². The number of halogens is 1. The van der Waals surface area contributed by atoms with Crippen LogP contribution in [0.1, 0.15) is 24.5 Å². The monoisotopic (exact) mass is 267 g/mol. The van der Waals surface area contributed by atoms with Gasteiger partial charge in [0, 0.05) is 19.8 Å². The van der Waals surface area contributed by atoms with Crippen LogP contribution in [0.25, 0.3) is 0 Å². The van der Waals surface area contributed by atoms with Crippen LogP contribution in [0.15, 0.2) is 23.2 Å². The third-order valence-corrected chi connectivity index (χ3v) is 2.63. The number of nitrogens with zero attached hydrogens (tertiary/aromatic N) is 1. The molecule has 0 saturated carbocycles. The number of guanidine groups is 1. The highest BCUT2D eigenvalue weighted by atomic mass is 19.1. The van der Waals surface area contributed by atoms with Crippen LogP contribution in [-0.2, 0) is 11.3 Å². The second-order valence-electron chi connectivity index (χ2n) is 4.26. The third-order valence-electron chi connectivity index (χ3n) is 2.63. The van der Waals surface area contributed by atoms with Crippen molar-refractivity contribution in [2.24, 2.45) is 10.7 Å². The molecule has 3 N–H and O–H groups in total. The molecule has 4 nitrogen and oxygen atoms in total. The summed E-state index contributed by atoms with van der Waals surface area (Å²) in [6.07, 6.45) is 0.889. The third kappa shape index (κ3) is 6.20. The molecule has 0 aromatic heterocycles. The summed E-state index contributed by atoms with van der Waals surface area (Å²) in [5.74, 6) is 0.202. The Kier molecular flexibility index (Phi) is 6.89. The molecular weight excluding hydrogens is 245 g/mol. The Morgan fingerprint density at radius 3 is 2.95 bits per heavy atom. The molecule has 19 heavy (non-hydrogen) atoms. The van der Waals surface area contributed by atoms with Crippen LogP contribution in [0.2, 0.25) is 0 Å². The van der Waals surface area contributed by atoms with Gasteiger partial charge < -0.3 is 15.8 Å². The molecule has 0 amide bonds. The van der Waals surface area contributed by atoms with Crippen molar-refractivity contribution in [3.05, 3.63) is 35.1 Å². The summed E-state index contributed by atoms with van der Waals surface area (Å²) in [5, 5.41) is 3.01. The Morgan fingerprint density at radius 2 is 2.26 bits per heavy atom. The van der Waals surface area contributed by atoms with Crippen LogP contribution in [0.4, 0.5) is 4.39 Å². The van der Waals surface area contributed by atoms with Crippen molar-refractivity contribution in [1.29, 1.82) is 0 Å².